The van der Waals surface area contributed by atoms with Crippen LogP contribution in [0.25, 0.3) is 0 Å². The smallest absolute Gasteiger partial charge is 0.423 e. The number of anilines is 1. The molecular formula is C15H15BClNO3. The fourth-order valence-corrected chi connectivity index (χ4v) is 2.41. The molecule has 2 aromatic rings. The molecule has 0 radical (unpaired) electrons. The van der Waals surface area contributed by atoms with E-state index in [0.717, 1.165) is 11.1 Å². The lowest BCUT2D eigenvalue weighted by Crippen LogP contribution is -2.31. The summed E-state index contributed by atoms with van der Waals surface area (Å²) in [6, 6.07) is 10.1. The zero-order valence-electron chi connectivity index (χ0n) is 11.7. The normalized spacial score (nSPS) is 10.3. The van der Waals surface area contributed by atoms with Crippen LogP contribution in [0.4, 0.5) is 5.69 Å². The van der Waals surface area contributed by atoms with Crippen molar-refractivity contribution in [2.45, 2.75) is 13.8 Å². The molecule has 0 bridgehead atoms. The first-order valence-corrected chi connectivity index (χ1v) is 6.80. The second kappa shape index (κ2) is 6.31. The van der Waals surface area contributed by atoms with Crippen LogP contribution in [0.15, 0.2) is 36.4 Å². The van der Waals surface area contributed by atoms with E-state index in [1.165, 1.54) is 18.2 Å². The highest BCUT2D eigenvalue weighted by atomic mass is 35.5. The topological polar surface area (TPSA) is 69.6 Å². The third-order valence-electron chi connectivity index (χ3n) is 3.02. The number of carbonyl (C=O) groups is 1. The predicted octanol–water partition coefficient (Wildman–Crippen LogP) is 1.89. The van der Waals surface area contributed by atoms with Crippen LogP contribution in [0.2, 0.25) is 5.02 Å². The lowest BCUT2D eigenvalue weighted by molar-refractivity contribution is 0.102. The monoisotopic (exact) mass is 303 g/mol. The van der Waals surface area contributed by atoms with Gasteiger partial charge in [-0.1, -0.05) is 23.7 Å². The van der Waals surface area contributed by atoms with Crippen LogP contribution < -0.4 is 10.8 Å². The number of nitrogens with one attached hydrogen (secondary N) is 1. The van der Waals surface area contributed by atoms with E-state index in [9.17, 15) is 4.79 Å². The van der Waals surface area contributed by atoms with E-state index in [1.807, 2.05) is 32.0 Å². The Morgan fingerprint density at radius 2 is 1.71 bits per heavy atom. The molecule has 0 aromatic heterocycles. The number of halogens is 1. The Kier molecular flexibility index (Phi) is 4.68. The molecular weight excluding hydrogens is 288 g/mol. The predicted molar refractivity (Wildman–Crippen MR) is 85.1 cm³/mol. The minimum atomic E-state index is -1.66. The van der Waals surface area contributed by atoms with Crippen LogP contribution in [-0.2, 0) is 0 Å². The van der Waals surface area contributed by atoms with Crippen molar-refractivity contribution in [3.63, 3.8) is 0 Å². The van der Waals surface area contributed by atoms with Crippen LogP contribution >= 0.6 is 11.6 Å². The zero-order valence-corrected chi connectivity index (χ0v) is 12.5. The molecule has 0 unspecified atom stereocenters. The average Bonchev–Trinajstić information content (AvgIpc) is 2.36. The van der Waals surface area contributed by atoms with Crippen molar-refractivity contribution < 1.29 is 14.8 Å². The summed E-state index contributed by atoms with van der Waals surface area (Å²) in [5.41, 5.74) is 3.34. The van der Waals surface area contributed by atoms with Gasteiger partial charge in [-0.3, -0.25) is 4.79 Å². The fourth-order valence-electron chi connectivity index (χ4n) is 2.13. The summed E-state index contributed by atoms with van der Waals surface area (Å²) in [5.74, 6) is -0.305. The van der Waals surface area contributed by atoms with Crippen molar-refractivity contribution >= 4 is 35.8 Å². The van der Waals surface area contributed by atoms with E-state index in [1.54, 1.807) is 0 Å². The first-order chi connectivity index (χ1) is 9.86. The zero-order chi connectivity index (χ0) is 15.6. The van der Waals surface area contributed by atoms with Gasteiger partial charge in [-0.05, 0) is 49.2 Å². The summed E-state index contributed by atoms with van der Waals surface area (Å²) in [6.07, 6.45) is 0. The minimum Gasteiger partial charge on any atom is -0.423 e. The molecule has 21 heavy (non-hydrogen) atoms. The summed E-state index contributed by atoms with van der Waals surface area (Å²) in [6.45, 7) is 3.91. The molecule has 0 aliphatic rings. The van der Waals surface area contributed by atoms with Gasteiger partial charge in [0.15, 0.2) is 0 Å². The molecule has 0 spiro atoms. The van der Waals surface area contributed by atoms with Crippen molar-refractivity contribution in [2.75, 3.05) is 5.32 Å². The Morgan fingerprint density at radius 1 is 1.10 bits per heavy atom. The molecule has 108 valence electrons. The summed E-state index contributed by atoms with van der Waals surface area (Å²) < 4.78 is 0. The van der Waals surface area contributed by atoms with Crippen molar-refractivity contribution in [2.24, 2.45) is 0 Å². The molecule has 0 heterocycles. The van der Waals surface area contributed by atoms with Gasteiger partial charge in [-0.2, -0.15) is 0 Å². The Labute approximate surface area is 128 Å². The summed E-state index contributed by atoms with van der Waals surface area (Å²) in [7, 11) is -1.66. The van der Waals surface area contributed by atoms with Crippen LogP contribution in [0.5, 0.6) is 0 Å². The second-order valence-electron chi connectivity index (χ2n) is 4.94. The van der Waals surface area contributed by atoms with Crippen LogP contribution in [-0.4, -0.2) is 23.1 Å². The quantitative estimate of drug-likeness (QED) is 0.758. The highest BCUT2D eigenvalue weighted by Gasteiger charge is 2.17. The van der Waals surface area contributed by atoms with E-state index in [4.69, 9.17) is 21.6 Å². The summed E-state index contributed by atoms with van der Waals surface area (Å²) in [5, 5.41) is 21.1. The molecule has 2 aromatic carbocycles. The first kappa shape index (κ1) is 15.6. The van der Waals surface area contributed by atoms with Gasteiger partial charge in [0.1, 0.15) is 0 Å². The molecule has 0 aliphatic carbocycles. The highest BCUT2D eigenvalue weighted by Crippen LogP contribution is 2.16. The molecule has 2 rings (SSSR count). The molecule has 1 amide bonds. The highest BCUT2D eigenvalue weighted by molar-refractivity contribution is 6.62. The lowest BCUT2D eigenvalue weighted by Gasteiger charge is -2.09. The molecule has 0 saturated heterocycles. The number of carbonyl (C=O) groups excluding carboxylic acids is 1. The number of hydrogen-bond donors (Lipinski definition) is 3. The number of amides is 1. The van der Waals surface area contributed by atoms with E-state index >= 15 is 0 Å². The third-order valence-corrected chi connectivity index (χ3v) is 3.35. The van der Waals surface area contributed by atoms with E-state index in [2.05, 4.69) is 5.32 Å². The lowest BCUT2D eigenvalue weighted by atomic mass is 9.80. The van der Waals surface area contributed by atoms with Crippen molar-refractivity contribution in [1.82, 2.24) is 0 Å². The van der Waals surface area contributed by atoms with E-state index in [0.29, 0.717) is 11.3 Å². The maximum atomic E-state index is 12.2. The van der Waals surface area contributed by atoms with Crippen LogP contribution in [0, 0.1) is 13.8 Å². The van der Waals surface area contributed by atoms with Crippen LogP contribution in [0.1, 0.15) is 21.5 Å². The van der Waals surface area contributed by atoms with Crippen molar-refractivity contribution in [3.05, 3.63) is 58.1 Å². The molecule has 0 saturated carbocycles. The van der Waals surface area contributed by atoms with Gasteiger partial charge < -0.3 is 15.4 Å². The van der Waals surface area contributed by atoms with Gasteiger partial charge in [0, 0.05) is 21.7 Å². The van der Waals surface area contributed by atoms with Gasteiger partial charge in [-0.25, -0.2) is 0 Å². The molecule has 4 nitrogen and oxygen atoms in total. The van der Waals surface area contributed by atoms with Crippen molar-refractivity contribution in [1.29, 1.82) is 0 Å². The Balaban J connectivity index is 2.22. The first-order valence-electron chi connectivity index (χ1n) is 6.42. The third kappa shape index (κ3) is 3.85. The Hall–Kier alpha value is -1.82. The van der Waals surface area contributed by atoms with Gasteiger partial charge in [0.25, 0.3) is 5.91 Å². The minimum absolute atomic E-state index is 0.137. The molecule has 6 heteroatoms. The van der Waals surface area contributed by atoms with Crippen LogP contribution in [0.3, 0.4) is 0 Å². The average molecular weight is 304 g/mol. The van der Waals surface area contributed by atoms with Gasteiger partial charge in [0.05, 0.1) is 0 Å². The Morgan fingerprint density at radius 3 is 2.24 bits per heavy atom. The van der Waals surface area contributed by atoms with Gasteiger partial charge in [-0.15, -0.1) is 0 Å². The maximum Gasteiger partial charge on any atom is 0.489 e. The van der Waals surface area contributed by atoms with Gasteiger partial charge >= 0.3 is 7.12 Å². The van der Waals surface area contributed by atoms with E-state index < -0.39 is 7.12 Å². The Bertz CT molecular complexity index is 668. The molecule has 0 aliphatic heterocycles. The second-order valence-corrected chi connectivity index (χ2v) is 5.35. The maximum absolute atomic E-state index is 12.2. The number of rotatable bonds is 3. The summed E-state index contributed by atoms with van der Waals surface area (Å²) in [4.78, 5) is 12.2. The van der Waals surface area contributed by atoms with E-state index in [-0.39, 0.29) is 16.4 Å². The fraction of sp³-hybridized carbons (Fsp3) is 0.133. The largest absolute Gasteiger partial charge is 0.489 e. The standard InChI is InChI=1S/C15H15BClNO3/c1-9-5-10(2)7-12(6-9)18-15(19)11-3-4-13(16(20)21)14(17)8-11/h3-8,20-21H,1-2H3,(H,18,19). The number of hydrogen-bond acceptors (Lipinski definition) is 3. The van der Waals surface area contributed by atoms with Gasteiger partial charge in [0.2, 0.25) is 0 Å². The summed E-state index contributed by atoms with van der Waals surface area (Å²) >= 11 is 5.92. The molecule has 0 fully saturated rings. The van der Waals surface area contributed by atoms with Crippen molar-refractivity contribution in [3.8, 4) is 0 Å². The SMILES string of the molecule is Cc1cc(C)cc(NC(=O)c2ccc(B(O)O)c(Cl)c2)c1. The molecule has 3 N–H and O–H groups in total. The number of benzene rings is 2. The molecule has 0 atom stereocenters. The number of aryl methyl sites for hydroxylation is 2.